The minimum atomic E-state index is -1.96. The van der Waals surface area contributed by atoms with Crippen LogP contribution in [0.25, 0.3) is 16.9 Å². The summed E-state index contributed by atoms with van der Waals surface area (Å²) in [6, 6.07) is 9.11. The number of oxazole rings is 1. The molecule has 5 rings (SSSR count). The lowest BCUT2D eigenvalue weighted by molar-refractivity contribution is -0.0342. The number of nitrogens with zero attached hydrogens (tertiary/aromatic N) is 6. The van der Waals surface area contributed by atoms with Crippen LogP contribution in [0.3, 0.4) is 0 Å². The summed E-state index contributed by atoms with van der Waals surface area (Å²) in [6.07, 6.45) is 7.27. The molecule has 0 saturated heterocycles. The normalized spacial score (nSPS) is 14.0. The molecule has 2 aromatic carbocycles. The van der Waals surface area contributed by atoms with Crippen LogP contribution < -0.4 is 5.69 Å². The van der Waals surface area contributed by atoms with Gasteiger partial charge in [-0.15, -0.1) is 0 Å². The van der Waals surface area contributed by atoms with Crippen LogP contribution in [-0.2, 0) is 12.1 Å². The van der Waals surface area contributed by atoms with Crippen molar-refractivity contribution in [2.75, 3.05) is 0 Å². The molecule has 0 bridgehead atoms. The van der Waals surface area contributed by atoms with Gasteiger partial charge in [0.05, 0.1) is 18.3 Å². The van der Waals surface area contributed by atoms with Gasteiger partial charge in [0.2, 0.25) is 0 Å². The second-order valence-electron chi connectivity index (χ2n) is 8.47. The summed E-state index contributed by atoms with van der Waals surface area (Å²) in [5, 5.41) is 15.8. The van der Waals surface area contributed by atoms with Gasteiger partial charge in [-0.3, -0.25) is 9.13 Å². The van der Waals surface area contributed by atoms with E-state index < -0.39 is 29.0 Å². The van der Waals surface area contributed by atoms with E-state index in [1.165, 1.54) is 38.7 Å². The van der Waals surface area contributed by atoms with Gasteiger partial charge in [-0.25, -0.2) is 28.2 Å². The summed E-state index contributed by atoms with van der Waals surface area (Å²) in [6.45, 7) is 3.12. The van der Waals surface area contributed by atoms with Crippen molar-refractivity contribution >= 4 is 0 Å². The maximum absolute atomic E-state index is 14.9. The van der Waals surface area contributed by atoms with Crippen LogP contribution >= 0.6 is 0 Å². The van der Waals surface area contributed by atoms with Gasteiger partial charge in [0.25, 0.3) is 0 Å². The van der Waals surface area contributed by atoms with E-state index >= 15 is 0 Å². The van der Waals surface area contributed by atoms with Crippen molar-refractivity contribution in [3.8, 4) is 16.9 Å². The average molecular weight is 492 g/mol. The Morgan fingerprint density at radius 1 is 1.14 bits per heavy atom. The number of halogens is 2. The summed E-state index contributed by atoms with van der Waals surface area (Å²) in [4.78, 5) is 21.5. The smallest absolute Gasteiger partial charge is 0.333 e. The lowest BCUT2D eigenvalue weighted by atomic mass is 9.86. The molecule has 2 atom stereocenters. The minimum Gasteiger partial charge on any atom is -0.449 e. The highest BCUT2D eigenvalue weighted by atomic mass is 19.1. The third-order valence-electron chi connectivity index (χ3n) is 6.24. The second-order valence-corrected chi connectivity index (χ2v) is 8.47. The largest absolute Gasteiger partial charge is 0.449 e. The zero-order chi connectivity index (χ0) is 25.4. The van der Waals surface area contributed by atoms with E-state index in [0.29, 0.717) is 23.3 Å². The van der Waals surface area contributed by atoms with Crippen LogP contribution in [0.4, 0.5) is 8.78 Å². The molecule has 0 aliphatic rings. The quantitative estimate of drug-likeness (QED) is 0.372. The third kappa shape index (κ3) is 4.13. The van der Waals surface area contributed by atoms with E-state index in [1.54, 1.807) is 38.4 Å². The molecule has 3 heterocycles. The summed E-state index contributed by atoms with van der Waals surface area (Å²) in [7, 11) is 0. The number of rotatable bonds is 7. The lowest BCUT2D eigenvalue weighted by Crippen LogP contribution is -2.43. The Morgan fingerprint density at radius 2 is 1.92 bits per heavy atom. The Hall–Kier alpha value is -4.38. The zero-order valence-electron chi connectivity index (χ0n) is 19.4. The highest BCUT2D eigenvalue weighted by molar-refractivity contribution is 5.59. The van der Waals surface area contributed by atoms with Crippen molar-refractivity contribution in [1.29, 1.82) is 0 Å². The second kappa shape index (κ2) is 9.00. The van der Waals surface area contributed by atoms with Crippen LogP contribution in [0.5, 0.6) is 0 Å². The maximum Gasteiger partial charge on any atom is 0.333 e. The molecule has 11 heteroatoms. The van der Waals surface area contributed by atoms with Gasteiger partial charge in [-0.2, -0.15) is 5.10 Å². The molecule has 0 amide bonds. The maximum atomic E-state index is 14.9. The predicted molar refractivity (Wildman–Crippen MR) is 125 cm³/mol. The highest BCUT2D eigenvalue weighted by Crippen LogP contribution is 2.36. The topological polar surface area (TPSA) is 104 Å². The van der Waals surface area contributed by atoms with E-state index in [0.717, 1.165) is 11.6 Å². The van der Waals surface area contributed by atoms with Gasteiger partial charge < -0.3 is 9.52 Å². The van der Waals surface area contributed by atoms with Crippen molar-refractivity contribution in [2.45, 2.75) is 32.0 Å². The van der Waals surface area contributed by atoms with Crippen molar-refractivity contribution in [3.63, 3.8) is 0 Å². The average Bonchev–Trinajstić information content (AvgIpc) is 3.60. The molecular formula is C25H22F2N6O3. The fourth-order valence-electron chi connectivity index (χ4n) is 4.24. The Balaban J connectivity index is 1.52. The Bertz CT molecular complexity index is 1560. The van der Waals surface area contributed by atoms with Gasteiger partial charge in [0.15, 0.2) is 5.89 Å². The molecule has 1 N–H and O–H groups in total. The molecule has 0 fully saturated rings. The number of aromatic nitrogens is 6. The number of hydrogen-bond acceptors (Lipinski definition) is 6. The molecule has 36 heavy (non-hydrogen) atoms. The minimum absolute atomic E-state index is 0.168. The first kappa shape index (κ1) is 23.4. The number of imidazole rings is 1. The van der Waals surface area contributed by atoms with Crippen molar-refractivity contribution < 1.29 is 18.3 Å². The van der Waals surface area contributed by atoms with Gasteiger partial charge in [0, 0.05) is 36.5 Å². The number of hydrogen-bond donors (Lipinski definition) is 1. The fraction of sp³-hybridized carbons (Fsp3) is 0.200. The van der Waals surface area contributed by atoms with E-state index in [-0.39, 0.29) is 12.1 Å². The number of aryl methyl sites for hydroxylation is 1. The van der Waals surface area contributed by atoms with Gasteiger partial charge in [0.1, 0.15) is 41.8 Å². The van der Waals surface area contributed by atoms with E-state index in [4.69, 9.17) is 4.42 Å². The van der Waals surface area contributed by atoms with Crippen LogP contribution in [0.2, 0.25) is 0 Å². The molecular weight excluding hydrogens is 470 g/mol. The van der Waals surface area contributed by atoms with Gasteiger partial charge >= 0.3 is 5.69 Å². The van der Waals surface area contributed by atoms with E-state index in [2.05, 4.69) is 15.1 Å². The summed E-state index contributed by atoms with van der Waals surface area (Å²) in [5.74, 6) is -1.16. The summed E-state index contributed by atoms with van der Waals surface area (Å²) < 4.78 is 37.7. The molecule has 0 aliphatic heterocycles. The van der Waals surface area contributed by atoms with Crippen molar-refractivity contribution in [1.82, 2.24) is 28.9 Å². The molecule has 0 unspecified atom stereocenters. The molecule has 0 aliphatic carbocycles. The molecule has 0 saturated carbocycles. The van der Waals surface area contributed by atoms with Gasteiger partial charge in [-0.05, 0) is 25.1 Å². The van der Waals surface area contributed by atoms with Crippen LogP contribution in [0, 0.1) is 18.6 Å². The van der Waals surface area contributed by atoms with Crippen molar-refractivity contribution in [2.24, 2.45) is 0 Å². The first-order valence-electron chi connectivity index (χ1n) is 11.1. The van der Waals surface area contributed by atoms with E-state index in [9.17, 15) is 18.7 Å². The van der Waals surface area contributed by atoms with Gasteiger partial charge in [-0.1, -0.05) is 18.2 Å². The van der Waals surface area contributed by atoms with Crippen LogP contribution in [0.1, 0.15) is 24.4 Å². The SMILES string of the molecule is Cc1nc(-c2ccc(-n3ccn([C@H](C)[C@](O)(Cn4cncn4)c4ccc(F)cc4F)c3=O)cc2)co1. The van der Waals surface area contributed by atoms with E-state index in [1.807, 2.05) is 12.1 Å². The van der Waals surface area contributed by atoms with Crippen molar-refractivity contribution in [3.05, 3.63) is 107 Å². The Morgan fingerprint density at radius 3 is 2.56 bits per heavy atom. The Kier molecular flexibility index (Phi) is 5.84. The molecule has 5 aromatic rings. The first-order valence-corrected chi connectivity index (χ1v) is 11.1. The lowest BCUT2D eigenvalue weighted by Gasteiger charge is -2.35. The third-order valence-corrected chi connectivity index (χ3v) is 6.24. The summed E-state index contributed by atoms with van der Waals surface area (Å²) >= 11 is 0. The number of benzene rings is 2. The number of aliphatic hydroxyl groups is 1. The fourth-order valence-corrected chi connectivity index (χ4v) is 4.24. The highest BCUT2D eigenvalue weighted by Gasteiger charge is 2.41. The summed E-state index contributed by atoms with van der Waals surface area (Å²) in [5.41, 5.74) is -0.494. The molecule has 184 valence electrons. The molecule has 0 spiro atoms. The standard InChI is InChI=1S/C25H22F2N6O3/c1-16(25(35,13-31-15-28-14-29-31)21-8-5-19(26)11-22(21)27)32-9-10-33(24(32)34)20-6-3-18(4-7-20)23-12-36-17(2)30-23/h3-12,14-16,35H,13H2,1-2H3/t16-,25-/m1/s1. The molecule has 0 radical (unpaired) electrons. The zero-order valence-corrected chi connectivity index (χ0v) is 19.4. The van der Waals surface area contributed by atoms with Crippen LogP contribution in [0.15, 0.2) is 83.0 Å². The Labute approximate surface area is 203 Å². The van der Waals surface area contributed by atoms with Crippen LogP contribution in [-0.4, -0.2) is 34.0 Å². The molecule has 9 nitrogen and oxygen atoms in total. The monoisotopic (exact) mass is 492 g/mol. The first-order chi connectivity index (χ1) is 17.3. The molecule has 3 aromatic heterocycles. The predicted octanol–water partition coefficient (Wildman–Crippen LogP) is 3.62.